The molecule has 6 aromatic rings. The lowest BCUT2D eigenvalue weighted by molar-refractivity contribution is -0.137. The van der Waals surface area contributed by atoms with E-state index in [0.29, 0.717) is 27.8 Å². The van der Waals surface area contributed by atoms with Crippen LogP contribution in [-0.2, 0) is 6.18 Å². The SMILES string of the molecule is C=Cc1ccccc1-c1c(C(N)=NO)cc(C)cc1-c1ccc(O)cc1.Cc1c(Cl)cccc1-c1c(C(N)=O)cc(C(F)(F)F)cc1-c1ccc(O)cc1F. The van der Waals surface area contributed by atoms with Crippen molar-refractivity contribution in [2.45, 2.75) is 20.0 Å². The van der Waals surface area contributed by atoms with Crippen molar-refractivity contribution in [1.29, 1.82) is 0 Å². The molecule has 0 saturated heterocycles. The fourth-order valence-electron chi connectivity index (χ4n) is 6.21. The molecule has 280 valence electrons. The first kappa shape index (κ1) is 39.6. The summed E-state index contributed by atoms with van der Waals surface area (Å²) >= 11 is 6.15. The number of primary amides is 1. The molecule has 0 spiro atoms. The van der Waals surface area contributed by atoms with Crippen molar-refractivity contribution in [2.75, 3.05) is 0 Å². The van der Waals surface area contributed by atoms with Crippen LogP contribution in [0.1, 0.15) is 38.2 Å². The van der Waals surface area contributed by atoms with Gasteiger partial charge in [0.1, 0.15) is 17.3 Å². The number of phenolic OH excluding ortho intramolecular Hbond substituents is 2. The summed E-state index contributed by atoms with van der Waals surface area (Å²) in [4.78, 5) is 12.1. The van der Waals surface area contributed by atoms with Crippen molar-refractivity contribution in [1.82, 2.24) is 0 Å². The van der Waals surface area contributed by atoms with Crippen LogP contribution in [0, 0.1) is 19.7 Å². The van der Waals surface area contributed by atoms with Crippen LogP contribution >= 0.6 is 11.6 Å². The molecule has 6 rings (SSSR count). The summed E-state index contributed by atoms with van der Waals surface area (Å²) in [5.41, 5.74) is 16.4. The molecule has 0 bridgehead atoms. The van der Waals surface area contributed by atoms with Crippen LogP contribution in [0.25, 0.3) is 50.6 Å². The number of aromatic hydroxyl groups is 2. The number of nitrogens with zero attached hydrogens (tertiary/aromatic N) is 1. The minimum Gasteiger partial charge on any atom is -0.508 e. The first-order valence-electron chi connectivity index (χ1n) is 16.5. The Morgan fingerprint density at radius 3 is 2.00 bits per heavy atom. The average Bonchev–Trinajstić information content (AvgIpc) is 3.15. The summed E-state index contributed by atoms with van der Waals surface area (Å²) in [5.74, 6) is -2.21. The molecule has 0 fully saturated rings. The zero-order valence-electron chi connectivity index (χ0n) is 29.4. The molecule has 7 nitrogen and oxygen atoms in total. The number of amides is 1. The lowest BCUT2D eigenvalue weighted by atomic mass is 9.86. The number of carbonyl (C=O) groups is 1. The molecule has 6 aromatic carbocycles. The van der Waals surface area contributed by atoms with E-state index in [4.69, 9.17) is 23.1 Å². The van der Waals surface area contributed by atoms with Crippen molar-refractivity contribution in [3.05, 3.63) is 160 Å². The molecule has 0 atom stereocenters. The summed E-state index contributed by atoms with van der Waals surface area (Å²) in [5, 5.41) is 31.9. The van der Waals surface area contributed by atoms with Crippen molar-refractivity contribution in [2.24, 2.45) is 16.6 Å². The van der Waals surface area contributed by atoms with E-state index in [2.05, 4.69) is 17.8 Å². The standard InChI is InChI=1S/C22H20N2O2.C21H14ClF4NO2/c1-3-15-6-4-5-7-18(15)21-19(16-8-10-17(25)11-9-16)12-14(2)13-20(21)22(23)24-26;1-10-13(3-2-4-17(10)22)19-15(14-6-5-12(28)9-18(14)23)7-11(21(24,25)26)8-16(19)20(27)29/h3-13,25-26H,1H2,2H3,(H2,23,24);2-9,28H,1H3,(H2,27,29). The van der Waals surface area contributed by atoms with Gasteiger partial charge >= 0.3 is 6.18 Å². The normalized spacial score (nSPS) is 11.4. The Labute approximate surface area is 319 Å². The molecule has 0 unspecified atom stereocenters. The van der Waals surface area contributed by atoms with Crippen molar-refractivity contribution in [3.63, 3.8) is 0 Å². The molecule has 0 radical (unpaired) electrons. The molecule has 0 heterocycles. The molecule has 12 heteroatoms. The van der Waals surface area contributed by atoms with E-state index >= 15 is 0 Å². The summed E-state index contributed by atoms with van der Waals surface area (Å²) in [6.07, 6.45) is -3.01. The average molecular weight is 768 g/mol. The monoisotopic (exact) mass is 767 g/mol. The number of hydrogen-bond acceptors (Lipinski definition) is 5. The number of alkyl halides is 3. The smallest absolute Gasteiger partial charge is 0.416 e. The van der Waals surface area contributed by atoms with Gasteiger partial charge in [-0.1, -0.05) is 84.0 Å². The predicted molar refractivity (Wildman–Crippen MR) is 209 cm³/mol. The highest BCUT2D eigenvalue weighted by atomic mass is 35.5. The number of benzene rings is 6. The maximum Gasteiger partial charge on any atom is 0.416 e. The molecular formula is C43H34ClF4N3O4. The topological polar surface area (TPSA) is 142 Å². The summed E-state index contributed by atoms with van der Waals surface area (Å²) in [7, 11) is 0. The summed E-state index contributed by atoms with van der Waals surface area (Å²) in [6.45, 7) is 7.48. The molecule has 0 aromatic heterocycles. The fourth-order valence-corrected chi connectivity index (χ4v) is 6.38. The van der Waals surface area contributed by atoms with E-state index < -0.39 is 34.8 Å². The minimum absolute atomic E-state index is 0.0232. The minimum atomic E-state index is -4.80. The molecule has 0 aliphatic carbocycles. The number of phenols is 2. The lowest BCUT2D eigenvalue weighted by Crippen LogP contribution is -2.16. The zero-order chi connectivity index (χ0) is 40.2. The Morgan fingerprint density at radius 1 is 0.745 bits per heavy atom. The van der Waals surface area contributed by atoms with E-state index in [0.717, 1.165) is 57.6 Å². The van der Waals surface area contributed by atoms with Gasteiger partial charge in [0.25, 0.3) is 0 Å². The third kappa shape index (κ3) is 8.47. The van der Waals surface area contributed by atoms with Gasteiger partial charge in [0.15, 0.2) is 5.84 Å². The van der Waals surface area contributed by atoms with Gasteiger partial charge in [-0.3, -0.25) is 4.79 Å². The highest BCUT2D eigenvalue weighted by molar-refractivity contribution is 6.31. The number of aryl methyl sites for hydroxylation is 1. The van der Waals surface area contributed by atoms with E-state index in [1.165, 1.54) is 0 Å². The van der Waals surface area contributed by atoms with Gasteiger partial charge in [0.05, 0.1) is 5.56 Å². The van der Waals surface area contributed by atoms with Gasteiger partial charge in [0.2, 0.25) is 5.91 Å². The maximum absolute atomic E-state index is 14.6. The zero-order valence-corrected chi connectivity index (χ0v) is 30.2. The van der Waals surface area contributed by atoms with Crippen molar-refractivity contribution in [3.8, 4) is 56.0 Å². The van der Waals surface area contributed by atoms with E-state index in [9.17, 15) is 37.8 Å². The fraction of sp³-hybridized carbons (Fsp3) is 0.0698. The molecule has 7 N–H and O–H groups in total. The second-order valence-electron chi connectivity index (χ2n) is 12.4. The molecular weight excluding hydrogens is 734 g/mol. The van der Waals surface area contributed by atoms with Crippen LogP contribution in [0.2, 0.25) is 5.02 Å². The van der Waals surface area contributed by atoms with Crippen LogP contribution < -0.4 is 11.5 Å². The van der Waals surface area contributed by atoms with Crippen molar-refractivity contribution >= 4 is 29.4 Å². The van der Waals surface area contributed by atoms with Crippen LogP contribution in [-0.4, -0.2) is 27.2 Å². The maximum atomic E-state index is 14.6. The Balaban J connectivity index is 0.000000212. The second-order valence-corrected chi connectivity index (χ2v) is 12.9. The molecule has 0 aliphatic heterocycles. The number of halogens is 5. The largest absolute Gasteiger partial charge is 0.508 e. The van der Waals surface area contributed by atoms with Crippen molar-refractivity contribution < 1.29 is 37.8 Å². The van der Waals surface area contributed by atoms with Crippen LogP contribution in [0.4, 0.5) is 17.6 Å². The Bertz CT molecular complexity index is 2460. The number of hydrogen-bond donors (Lipinski definition) is 5. The van der Waals surface area contributed by atoms with Gasteiger partial charge < -0.3 is 26.9 Å². The Kier molecular flexibility index (Phi) is 11.7. The quantitative estimate of drug-likeness (QED) is 0.0361. The molecule has 0 aliphatic rings. The van der Waals surface area contributed by atoms with Gasteiger partial charge in [-0.15, -0.1) is 0 Å². The predicted octanol–water partition coefficient (Wildman–Crippen LogP) is 10.7. The molecule has 55 heavy (non-hydrogen) atoms. The van der Waals surface area contributed by atoms with Gasteiger partial charge in [0, 0.05) is 38.9 Å². The highest BCUT2D eigenvalue weighted by Gasteiger charge is 2.34. The second kappa shape index (κ2) is 16.2. The van der Waals surface area contributed by atoms with Crippen LogP contribution in [0.15, 0.2) is 121 Å². The highest BCUT2D eigenvalue weighted by Crippen LogP contribution is 2.44. The number of nitrogens with two attached hydrogens (primary N) is 2. The van der Waals surface area contributed by atoms with Crippen LogP contribution in [0.3, 0.4) is 0 Å². The third-order valence-corrected chi connectivity index (χ3v) is 9.22. The Morgan fingerprint density at radius 2 is 1.38 bits per heavy atom. The Hall–Kier alpha value is -6.59. The van der Waals surface area contributed by atoms with Gasteiger partial charge in [-0.2, -0.15) is 13.2 Å². The number of rotatable bonds is 7. The lowest BCUT2D eigenvalue weighted by Gasteiger charge is -2.20. The number of oxime groups is 1. The first-order chi connectivity index (χ1) is 26.0. The summed E-state index contributed by atoms with van der Waals surface area (Å²) < 4.78 is 55.0. The molecule has 0 saturated carbocycles. The third-order valence-electron chi connectivity index (χ3n) is 8.81. The summed E-state index contributed by atoms with van der Waals surface area (Å²) in [6, 6.07) is 27.9. The van der Waals surface area contributed by atoms with Crippen LogP contribution in [0.5, 0.6) is 11.5 Å². The number of amidine groups is 1. The van der Waals surface area contributed by atoms with E-state index in [1.54, 1.807) is 43.3 Å². The first-order valence-corrected chi connectivity index (χ1v) is 16.9. The number of carbonyl (C=O) groups excluding carboxylic acids is 1. The van der Waals surface area contributed by atoms with E-state index in [-0.39, 0.29) is 28.3 Å². The molecule has 1 amide bonds. The van der Waals surface area contributed by atoms with E-state index in [1.807, 2.05) is 49.4 Å². The van der Waals surface area contributed by atoms with Gasteiger partial charge in [-0.25, -0.2) is 4.39 Å². The van der Waals surface area contributed by atoms with Gasteiger partial charge in [-0.05, 0) is 107 Å².